The van der Waals surface area contributed by atoms with Gasteiger partial charge in [0.05, 0.1) is 0 Å². The van der Waals surface area contributed by atoms with Crippen molar-refractivity contribution in [1.82, 2.24) is 9.80 Å². The van der Waals surface area contributed by atoms with Crippen molar-refractivity contribution >= 4 is 5.97 Å². The molecule has 1 unspecified atom stereocenters. The van der Waals surface area contributed by atoms with E-state index in [-0.39, 0.29) is 0 Å². The fourth-order valence-corrected chi connectivity index (χ4v) is 2.20. The van der Waals surface area contributed by atoms with E-state index in [0.29, 0.717) is 5.92 Å². The fraction of sp³-hybridized carbons (Fsp3) is 0.917. The van der Waals surface area contributed by atoms with Crippen molar-refractivity contribution in [2.75, 3.05) is 33.7 Å². The maximum absolute atomic E-state index is 11.1. The Morgan fingerprint density at radius 3 is 2.69 bits per heavy atom. The first-order valence-electron chi connectivity index (χ1n) is 5.97. The highest BCUT2D eigenvalue weighted by Gasteiger charge is 2.33. The normalized spacial score (nSPS) is 23.7. The van der Waals surface area contributed by atoms with Crippen LogP contribution in [0.2, 0.25) is 0 Å². The molecular formula is C12H24N2O2. The predicted molar refractivity (Wildman–Crippen MR) is 64.6 cm³/mol. The van der Waals surface area contributed by atoms with Crippen LogP contribution < -0.4 is 0 Å². The largest absolute Gasteiger partial charge is 0.480 e. The molecule has 4 nitrogen and oxygen atoms in total. The van der Waals surface area contributed by atoms with E-state index in [1.807, 2.05) is 11.9 Å². The van der Waals surface area contributed by atoms with Gasteiger partial charge in [-0.3, -0.25) is 9.69 Å². The number of likely N-dealkylation sites (N-methyl/N-ethyl adjacent to an activating group) is 1. The molecule has 1 heterocycles. The van der Waals surface area contributed by atoms with Crippen LogP contribution in [0.5, 0.6) is 0 Å². The van der Waals surface area contributed by atoms with E-state index < -0.39 is 11.5 Å². The molecule has 1 rings (SSSR count). The second-order valence-electron chi connectivity index (χ2n) is 5.52. The standard InChI is InChI=1S/C12H24N2O2/c1-12(2,11(15)16)14(4)9-10-6-5-7-13(3)8-10/h10H,5-9H2,1-4H3,(H,15,16). The quantitative estimate of drug-likeness (QED) is 0.783. The van der Waals surface area contributed by atoms with Crippen LogP contribution in [0.15, 0.2) is 0 Å². The van der Waals surface area contributed by atoms with Gasteiger partial charge < -0.3 is 10.0 Å². The molecule has 0 amide bonds. The number of hydrogen-bond acceptors (Lipinski definition) is 3. The topological polar surface area (TPSA) is 43.8 Å². The Kier molecular flexibility index (Phi) is 4.33. The summed E-state index contributed by atoms with van der Waals surface area (Å²) in [5.74, 6) is -0.151. The Morgan fingerprint density at radius 2 is 2.19 bits per heavy atom. The zero-order chi connectivity index (χ0) is 12.3. The molecule has 1 atom stereocenters. The monoisotopic (exact) mass is 228 g/mol. The molecule has 1 aliphatic heterocycles. The SMILES string of the molecule is CN1CCCC(CN(C)C(C)(C)C(=O)O)C1. The molecule has 16 heavy (non-hydrogen) atoms. The Hall–Kier alpha value is -0.610. The van der Waals surface area contributed by atoms with E-state index in [2.05, 4.69) is 11.9 Å². The minimum absolute atomic E-state index is 0.599. The van der Waals surface area contributed by atoms with Crippen molar-refractivity contribution in [3.05, 3.63) is 0 Å². The molecule has 0 aromatic rings. The molecule has 1 fully saturated rings. The van der Waals surface area contributed by atoms with Crippen molar-refractivity contribution in [3.8, 4) is 0 Å². The first-order chi connectivity index (χ1) is 7.34. The molecule has 1 N–H and O–H groups in total. The van der Waals surface area contributed by atoms with Crippen molar-refractivity contribution in [3.63, 3.8) is 0 Å². The molecule has 94 valence electrons. The Labute approximate surface area is 98.2 Å². The van der Waals surface area contributed by atoms with Gasteiger partial charge in [0.25, 0.3) is 0 Å². The molecule has 1 saturated heterocycles. The molecule has 0 bridgehead atoms. The molecule has 0 aromatic heterocycles. The Morgan fingerprint density at radius 1 is 1.56 bits per heavy atom. The lowest BCUT2D eigenvalue weighted by molar-refractivity contribution is -0.149. The van der Waals surface area contributed by atoms with E-state index in [1.165, 1.54) is 19.4 Å². The molecule has 0 aliphatic carbocycles. The number of piperidine rings is 1. The smallest absolute Gasteiger partial charge is 0.323 e. The summed E-state index contributed by atoms with van der Waals surface area (Å²) >= 11 is 0. The third kappa shape index (κ3) is 3.19. The number of carboxylic acid groups (broad SMARTS) is 1. The van der Waals surface area contributed by atoms with Crippen LogP contribution in [0, 0.1) is 5.92 Å². The van der Waals surface area contributed by atoms with Crippen LogP contribution in [-0.2, 0) is 4.79 Å². The van der Waals surface area contributed by atoms with Gasteiger partial charge in [0.15, 0.2) is 0 Å². The van der Waals surface area contributed by atoms with E-state index in [1.54, 1.807) is 13.8 Å². The van der Waals surface area contributed by atoms with Gasteiger partial charge in [-0.05, 0) is 53.2 Å². The highest BCUT2D eigenvalue weighted by Crippen LogP contribution is 2.20. The molecule has 0 spiro atoms. The summed E-state index contributed by atoms with van der Waals surface area (Å²) in [4.78, 5) is 15.4. The fourth-order valence-electron chi connectivity index (χ4n) is 2.20. The van der Waals surface area contributed by atoms with Gasteiger partial charge in [-0.15, -0.1) is 0 Å². The second kappa shape index (κ2) is 5.15. The number of aliphatic carboxylic acids is 1. The van der Waals surface area contributed by atoms with Crippen molar-refractivity contribution < 1.29 is 9.90 Å². The third-order valence-electron chi connectivity index (χ3n) is 3.73. The van der Waals surface area contributed by atoms with Crippen LogP contribution in [0.3, 0.4) is 0 Å². The second-order valence-corrected chi connectivity index (χ2v) is 5.52. The molecule has 0 aromatic carbocycles. The van der Waals surface area contributed by atoms with Crippen molar-refractivity contribution in [1.29, 1.82) is 0 Å². The number of carboxylic acids is 1. The number of nitrogens with zero attached hydrogens (tertiary/aromatic N) is 2. The van der Waals surface area contributed by atoms with Crippen molar-refractivity contribution in [2.45, 2.75) is 32.2 Å². The van der Waals surface area contributed by atoms with Gasteiger partial charge in [-0.2, -0.15) is 0 Å². The molecule has 0 radical (unpaired) electrons. The van der Waals surface area contributed by atoms with Crippen LogP contribution in [0.4, 0.5) is 0 Å². The summed E-state index contributed by atoms with van der Waals surface area (Å²) in [7, 11) is 4.04. The van der Waals surface area contributed by atoms with E-state index in [4.69, 9.17) is 5.11 Å². The Balaban J connectivity index is 2.50. The molecule has 4 heteroatoms. The van der Waals surface area contributed by atoms with E-state index >= 15 is 0 Å². The average Bonchev–Trinajstić information content (AvgIpc) is 2.17. The van der Waals surface area contributed by atoms with Gasteiger partial charge >= 0.3 is 5.97 Å². The number of likely N-dealkylation sites (tertiary alicyclic amines) is 1. The van der Waals surface area contributed by atoms with Crippen LogP contribution in [-0.4, -0.2) is 60.1 Å². The van der Waals surface area contributed by atoms with Gasteiger partial charge in [0.2, 0.25) is 0 Å². The maximum Gasteiger partial charge on any atom is 0.323 e. The van der Waals surface area contributed by atoms with Gasteiger partial charge in [0, 0.05) is 13.1 Å². The summed E-state index contributed by atoms with van der Waals surface area (Å²) < 4.78 is 0. The predicted octanol–water partition coefficient (Wildman–Crippen LogP) is 1.12. The summed E-state index contributed by atoms with van der Waals surface area (Å²) in [6, 6.07) is 0. The first-order valence-corrected chi connectivity index (χ1v) is 5.97. The summed E-state index contributed by atoms with van der Waals surface area (Å²) in [5, 5.41) is 9.14. The Bertz CT molecular complexity index is 253. The lowest BCUT2D eigenvalue weighted by Crippen LogP contribution is -2.51. The van der Waals surface area contributed by atoms with Crippen LogP contribution in [0.25, 0.3) is 0 Å². The zero-order valence-electron chi connectivity index (χ0n) is 10.9. The highest BCUT2D eigenvalue weighted by molar-refractivity contribution is 5.77. The summed E-state index contributed by atoms with van der Waals surface area (Å²) in [6.07, 6.45) is 2.44. The maximum atomic E-state index is 11.1. The number of carbonyl (C=O) groups is 1. The van der Waals surface area contributed by atoms with Crippen LogP contribution in [0.1, 0.15) is 26.7 Å². The van der Waals surface area contributed by atoms with Gasteiger partial charge in [-0.25, -0.2) is 0 Å². The highest BCUT2D eigenvalue weighted by atomic mass is 16.4. The van der Waals surface area contributed by atoms with Gasteiger partial charge in [-0.1, -0.05) is 0 Å². The van der Waals surface area contributed by atoms with Crippen molar-refractivity contribution in [2.24, 2.45) is 5.92 Å². The zero-order valence-corrected chi connectivity index (χ0v) is 10.9. The number of rotatable bonds is 4. The average molecular weight is 228 g/mol. The van der Waals surface area contributed by atoms with E-state index in [9.17, 15) is 4.79 Å². The molecular weight excluding hydrogens is 204 g/mol. The van der Waals surface area contributed by atoms with Crippen LogP contribution >= 0.6 is 0 Å². The van der Waals surface area contributed by atoms with Gasteiger partial charge in [0.1, 0.15) is 5.54 Å². The summed E-state index contributed by atoms with van der Waals surface area (Å²) in [5.41, 5.74) is -0.768. The lowest BCUT2D eigenvalue weighted by atomic mass is 9.95. The minimum Gasteiger partial charge on any atom is -0.480 e. The number of hydrogen-bond donors (Lipinski definition) is 1. The third-order valence-corrected chi connectivity index (χ3v) is 3.73. The summed E-state index contributed by atoms with van der Waals surface area (Å²) in [6.45, 7) is 6.65. The molecule has 1 aliphatic rings. The lowest BCUT2D eigenvalue weighted by Gasteiger charge is -2.37. The minimum atomic E-state index is -0.768. The first kappa shape index (κ1) is 13.5. The molecule has 0 saturated carbocycles. The van der Waals surface area contributed by atoms with E-state index in [0.717, 1.165) is 13.1 Å².